The van der Waals surface area contributed by atoms with E-state index in [-0.39, 0.29) is 5.41 Å². The number of rotatable bonds is 17. The Bertz CT molecular complexity index is 257. The van der Waals surface area contributed by atoms with Gasteiger partial charge in [-0.25, -0.2) is 0 Å². The van der Waals surface area contributed by atoms with Gasteiger partial charge in [0.15, 0.2) is 0 Å². The van der Waals surface area contributed by atoms with E-state index in [0.29, 0.717) is 52.9 Å². The zero-order chi connectivity index (χ0) is 16.6. The van der Waals surface area contributed by atoms with Gasteiger partial charge in [-0.1, -0.05) is 19.8 Å². The van der Waals surface area contributed by atoms with Crippen LogP contribution in [0.1, 0.15) is 26.2 Å². The Labute approximate surface area is 140 Å². The van der Waals surface area contributed by atoms with E-state index < -0.39 is 0 Å². The molecular formula is C17H34O6. The average molecular weight is 334 g/mol. The number of unbranched alkanes of at least 4 members (excludes halogenated alkanes) is 1. The van der Waals surface area contributed by atoms with Gasteiger partial charge in [-0.3, -0.25) is 0 Å². The lowest BCUT2D eigenvalue weighted by atomic mass is 9.82. The van der Waals surface area contributed by atoms with Crippen LogP contribution in [0, 0.1) is 5.41 Å². The van der Waals surface area contributed by atoms with Crippen LogP contribution in [0.2, 0.25) is 0 Å². The van der Waals surface area contributed by atoms with Gasteiger partial charge in [0, 0.05) is 12.5 Å². The van der Waals surface area contributed by atoms with Crippen molar-refractivity contribution < 1.29 is 28.4 Å². The fraction of sp³-hybridized carbons (Fsp3) is 1.00. The van der Waals surface area contributed by atoms with Gasteiger partial charge in [-0.05, 0) is 6.42 Å². The predicted octanol–water partition coefficient (Wildman–Crippen LogP) is 1.91. The summed E-state index contributed by atoms with van der Waals surface area (Å²) in [6, 6.07) is 0. The monoisotopic (exact) mass is 334 g/mol. The molecule has 0 bridgehead atoms. The first-order chi connectivity index (χ1) is 11.3. The SMILES string of the molecule is CCCCC1(COCCOCCOCCOCCOC)COC1. The van der Waals surface area contributed by atoms with E-state index >= 15 is 0 Å². The van der Waals surface area contributed by atoms with Crippen molar-refractivity contribution in [1.29, 1.82) is 0 Å². The third-order valence-electron chi connectivity index (χ3n) is 3.83. The van der Waals surface area contributed by atoms with Gasteiger partial charge < -0.3 is 28.4 Å². The highest BCUT2D eigenvalue weighted by molar-refractivity contribution is 4.85. The summed E-state index contributed by atoms with van der Waals surface area (Å²) in [5.74, 6) is 0. The normalized spacial score (nSPS) is 16.4. The third-order valence-corrected chi connectivity index (χ3v) is 3.83. The fourth-order valence-electron chi connectivity index (χ4n) is 2.33. The predicted molar refractivity (Wildman–Crippen MR) is 87.9 cm³/mol. The van der Waals surface area contributed by atoms with Crippen molar-refractivity contribution in [1.82, 2.24) is 0 Å². The fourth-order valence-corrected chi connectivity index (χ4v) is 2.33. The van der Waals surface area contributed by atoms with Crippen LogP contribution >= 0.6 is 0 Å². The molecule has 0 unspecified atom stereocenters. The molecule has 6 heteroatoms. The minimum atomic E-state index is 0.266. The molecule has 0 radical (unpaired) electrons. The summed E-state index contributed by atoms with van der Waals surface area (Å²) in [4.78, 5) is 0. The maximum Gasteiger partial charge on any atom is 0.0701 e. The summed E-state index contributed by atoms with van der Waals surface area (Å²) in [6.45, 7) is 9.51. The minimum absolute atomic E-state index is 0.266. The highest BCUT2D eigenvalue weighted by Crippen LogP contribution is 2.33. The highest BCUT2D eigenvalue weighted by atomic mass is 16.6. The summed E-state index contributed by atoms with van der Waals surface area (Å²) in [7, 11) is 1.66. The maximum atomic E-state index is 5.74. The Morgan fingerprint density at radius 2 is 1.30 bits per heavy atom. The van der Waals surface area contributed by atoms with E-state index in [1.165, 1.54) is 19.3 Å². The summed E-state index contributed by atoms with van der Waals surface area (Å²) < 4.78 is 32.1. The lowest BCUT2D eigenvalue weighted by molar-refractivity contribution is -0.156. The molecule has 0 aromatic rings. The Balaban J connectivity index is 1.79. The second-order valence-electron chi connectivity index (χ2n) is 5.98. The smallest absolute Gasteiger partial charge is 0.0701 e. The van der Waals surface area contributed by atoms with Crippen molar-refractivity contribution in [3.63, 3.8) is 0 Å². The van der Waals surface area contributed by atoms with Crippen molar-refractivity contribution in [2.45, 2.75) is 26.2 Å². The second kappa shape index (κ2) is 14.1. The molecule has 1 rings (SSSR count). The first-order valence-corrected chi connectivity index (χ1v) is 8.70. The van der Waals surface area contributed by atoms with Crippen LogP contribution in [-0.4, -0.2) is 79.8 Å². The highest BCUT2D eigenvalue weighted by Gasteiger charge is 2.37. The molecule has 138 valence electrons. The van der Waals surface area contributed by atoms with Crippen LogP contribution in [0.5, 0.6) is 0 Å². The summed E-state index contributed by atoms with van der Waals surface area (Å²) in [5, 5.41) is 0. The van der Waals surface area contributed by atoms with Gasteiger partial charge in [-0.15, -0.1) is 0 Å². The summed E-state index contributed by atoms with van der Waals surface area (Å²) >= 11 is 0. The topological polar surface area (TPSA) is 55.4 Å². The standard InChI is InChI=1S/C17H34O6/c1-3-4-5-17(15-23-16-17)14-22-13-12-21-11-10-20-9-8-19-7-6-18-2/h3-16H2,1-2H3. The Morgan fingerprint density at radius 3 is 1.74 bits per heavy atom. The molecule has 1 aliphatic heterocycles. The van der Waals surface area contributed by atoms with Crippen LogP contribution in [0.15, 0.2) is 0 Å². The second-order valence-corrected chi connectivity index (χ2v) is 5.98. The van der Waals surface area contributed by atoms with Gasteiger partial charge in [0.25, 0.3) is 0 Å². The lowest BCUT2D eigenvalue weighted by Gasteiger charge is -2.41. The zero-order valence-corrected chi connectivity index (χ0v) is 14.8. The quantitative estimate of drug-likeness (QED) is 0.379. The van der Waals surface area contributed by atoms with E-state index in [0.717, 1.165) is 19.8 Å². The molecule has 23 heavy (non-hydrogen) atoms. The first-order valence-electron chi connectivity index (χ1n) is 8.70. The van der Waals surface area contributed by atoms with Gasteiger partial charge in [-0.2, -0.15) is 0 Å². The van der Waals surface area contributed by atoms with Gasteiger partial charge in [0.2, 0.25) is 0 Å². The number of ether oxygens (including phenoxy) is 6. The Hall–Kier alpha value is -0.240. The molecule has 0 amide bonds. The van der Waals surface area contributed by atoms with E-state index in [1.807, 2.05) is 0 Å². The van der Waals surface area contributed by atoms with Crippen LogP contribution < -0.4 is 0 Å². The average Bonchev–Trinajstić information content (AvgIpc) is 2.53. The molecule has 0 atom stereocenters. The van der Waals surface area contributed by atoms with Crippen molar-refractivity contribution in [3.8, 4) is 0 Å². The van der Waals surface area contributed by atoms with E-state index in [2.05, 4.69) is 6.92 Å². The largest absolute Gasteiger partial charge is 0.382 e. The van der Waals surface area contributed by atoms with E-state index in [9.17, 15) is 0 Å². The number of hydrogen-bond donors (Lipinski definition) is 0. The molecule has 1 heterocycles. The lowest BCUT2D eigenvalue weighted by Crippen LogP contribution is -2.46. The molecule has 0 spiro atoms. The van der Waals surface area contributed by atoms with Gasteiger partial charge >= 0.3 is 0 Å². The Morgan fingerprint density at radius 1 is 0.783 bits per heavy atom. The summed E-state index contributed by atoms with van der Waals surface area (Å²) in [6.07, 6.45) is 3.67. The van der Waals surface area contributed by atoms with E-state index in [1.54, 1.807) is 7.11 Å². The number of hydrogen-bond acceptors (Lipinski definition) is 6. The molecule has 0 saturated carbocycles. The molecule has 1 aliphatic rings. The zero-order valence-electron chi connectivity index (χ0n) is 14.8. The minimum Gasteiger partial charge on any atom is -0.382 e. The van der Waals surface area contributed by atoms with Crippen LogP contribution in [0.3, 0.4) is 0 Å². The van der Waals surface area contributed by atoms with Gasteiger partial charge in [0.1, 0.15) is 0 Å². The molecule has 6 nitrogen and oxygen atoms in total. The molecule has 1 fully saturated rings. The van der Waals surface area contributed by atoms with Crippen LogP contribution in [0.25, 0.3) is 0 Å². The molecule has 0 N–H and O–H groups in total. The number of methoxy groups -OCH3 is 1. The third kappa shape index (κ3) is 10.3. The van der Waals surface area contributed by atoms with Crippen molar-refractivity contribution in [2.75, 3.05) is 79.8 Å². The molecule has 0 aromatic carbocycles. The van der Waals surface area contributed by atoms with Crippen LogP contribution in [0.4, 0.5) is 0 Å². The molecule has 0 aromatic heterocycles. The maximum absolute atomic E-state index is 5.74. The summed E-state index contributed by atoms with van der Waals surface area (Å²) in [5.41, 5.74) is 0.266. The molecule has 1 saturated heterocycles. The van der Waals surface area contributed by atoms with Crippen molar-refractivity contribution in [2.24, 2.45) is 5.41 Å². The first kappa shape index (κ1) is 20.8. The molecular weight excluding hydrogens is 300 g/mol. The van der Waals surface area contributed by atoms with Crippen molar-refractivity contribution >= 4 is 0 Å². The molecule has 0 aliphatic carbocycles. The van der Waals surface area contributed by atoms with E-state index in [4.69, 9.17) is 28.4 Å². The van der Waals surface area contributed by atoms with Crippen molar-refractivity contribution in [3.05, 3.63) is 0 Å². The van der Waals surface area contributed by atoms with Gasteiger partial charge in [0.05, 0.1) is 72.7 Å². The van der Waals surface area contributed by atoms with Crippen LogP contribution in [-0.2, 0) is 28.4 Å². The Kier molecular flexibility index (Phi) is 12.8.